The van der Waals surface area contributed by atoms with Crippen LogP contribution in [-0.2, 0) is 0 Å². The fraction of sp³-hybridized carbons (Fsp3) is 0.368. The molecule has 0 amide bonds. The van der Waals surface area contributed by atoms with E-state index in [4.69, 9.17) is 0 Å². The molecule has 21 heavy (non-hydrogen) atoms. The Morgan fingerprint density at radius 2 is 1.52 bits per heavy atom. The zero-order valence-corrected chi connectivity index (χ0v) is 12.3. The molecular formula is C19H23NO. The minimum Gasteiger partial charge on any atom is -0.391 e. The molecule has 110 valence electrons. The van der Waals surface area contributed by atoms with Crippen LogP contribution < -0.4 is 5.32 Å². The minimum atomic E-state index is -0.294. The van der Waals surface area contributed by atoms with Gasteiger partial charge >= 0.3 is 0 Å². The average molecular weight is 281 g/mol. The first kappa shape index (κ1) is 14.3. The third-order valence-corrected chi connectivity index (χ3v) is 4.44. The Bertz CT molecular complexity index is 495. The molecule has 2 N–H and O–H groups in total. The van der Waals surface area contributed by atoms with Gasteiger partial charge in [-0.05, 0) is 36.9 Å². The molecule has 0 bridgehead atoms. The van der Waals surface area contributed by atoms with Crippen LogP contribution in [0.4, 0.5) is 0 Å². The van der Waals surface area contributed by atoms with Gasteiger partial charge in [-0.2, -0.15) is 0 Å². The summed E-state index contributed by atoms with van der Waals surface area (Å²) in [6.45, 7) is 1.03. The zero-order chi connectivity index (χ0) is 14.5. The molecule has 2 heteroatoms. The van der Waals surface area contributed by atoms with E-state index < -0.39 is 0 Å². The second-order valence-electron chi connectivity index (χ2n) is 5.88. The third kappa shape index (κ3) is 3.52. The second kappa shape index (κ2) is 6.88. The van der Waals surface area contributed by atoms with Gasteiger partial charge in [0.2, 0.25) is 0 Å². The van der Waals surface area contributed by atoms with Gasteiger partial charge < -0.3 is 10.4 Å². The van der Waals surface area contributed by atoms with E-state index in [1.54, 1.807) is 0 Å². The van der Waals surface area contributed by atoms with Crippen LogP contribution in [0.1, 0.15) is 36.3 Å². The maximum Gasteiger partial charge on any atom is 0.0702 e. The lowest BCUT2D eigenvalue weighted by molar-refractivity contribution is 0.122. The number of aliphatic hydroxyl groups excluding tert-OH is 1. The Balaban J connectivity index is 1.82. The van der Waals surface area contributed by atoms with Gasteiger partial charge in [0.15, 0.2) is 0 Å². The van der Waals surface area contributed by atoms with Gasteiger partial charge in [0.1, 0.15) is 0 Å². The molecular weight excluding hydrogens is 258 g/mol. The lowest BCUT2D eigenvalue weighted by Gasteiger charge is -2.25. The van der Waals surface area contributed by atoms with Gasteiger partial charge in [0, 0.05) is 12.0 Å². The fourth-order valence-electron chi connectivity index (χ4n) is 3.28. The summed E-state index contributed by atoms with van der Waals surface area (Å²) < 4.78 is 0. The first-order valence-electron chi connectivity index (χ1n) is 7.86. The Hall–Kier alpha value is -1.64. The van der Waals surface area contributed by atoms with E-state index in [-0.39, 0.29) is 18.1 Å². The highest BCUT2D eigenvalue weighted by Gasteiger charge is 2.26. The first-order chi connectivity index (χ1) is 10.3. The second-order valence-corrected chi connectivity index (χ2v) is 5.88. The summed E-state index contributed by atoms with van der Waals surface area (Å²) in [6.07, 6.45) is 2.73. The Labute approximate surface area is 126 Å². The molecule has 1 aliphatic heterocycles. The van der Waals surface area contributed by atoms with Crippen LogP contribution in [0.15, 0.2) is 60.7 Å². The van der Waals surface area contributed by atoms with Gasteiger partial charge in [-0.3, -0.25) is 0 Å². The van der Waals surface area contributed by atoms with Crippen molar-refractivity contribution in [2.24, 2.45) is 0 Å². The Kier molecular flexibility index (Phi) is 4.69. The monoisotopic (exact) mass is 281 g/mol. The molecule has 2 atom stereocenters. The molecule has 2 aromatic carbocycles. The highest BCUT2D eigenvalue weighted by Crippen LogP contribution is 2.30. The topological polar surface area (TPSA) is 32.3 Å². The molecule has 0 radical (unpaired) electrons. The van der Waals surface area contributed by atoms with Crippen molar-refractivity contribution in [1.82, 2.24) is 5.32 Å². The van der Waals surface area contributed by atoms with E-state index in [0.29, 0.717) is 0 Å². The van der Waals surface area contributed by atoms with Crippen LogP contribution in [0.5, 0.6) is 0 Å². The molecule has 0 aliphatic carbocycles. The normalized spacial score (nSPS) is 19.8. The summed E-state index contributed by atoms with van der Waals surface area (Å²) in [5.41, 5.74) is 2.56. The van der Waals surface area contributed by atoms with E-state index in [0.717, 1.165) is 19.4 Å². The van der Waals surface area contributed by atoms with Gasteiger partial charge in [-0.15, -0.1) is 0 Å². The summed E-state index contributed by atoms with van der Waals surface area (Å²) in [7, 11) is 0. The highest BCUT2D eigenvalue weighted by atomic mass is 16.3. The van der Waals surface area contributed by atoms with Crippen molar-refractivity contribution in [1.29, 1.82) is 0 Å². The standard InChI is InChI=1S/C19H23NO/c21-19(18-12-7-13-20-18)14-17(15-8-3-1-4-9-15)16-10-5-2-6-11-16/h1-6,8-11,17-21H,7,12-14H2/t18-,19-/m0/s1. The van der Waals surface area contributed by atoms with Crippen LogP contribution in [-0.4, -0.2) is 23.8 Å². The maximum atomic E-state index is 10.6. The zero-order valence-electron chi connectivity index (χ0n) is 12.3. The molecule has 2 nitrogen and oxygen atoms in total. The average Bonchev–Trinajstić information content (AvgIpc) is 3.09. The molecule has 0 aromatic heterocycles. The lowest BCUT2D eigenvalue weighted by atomic mass is 9.85. The number of benzene rings is 2. The maximum absolute atomic E-state index is 10.6. The molecule has 2 aromatic rings. The number of rotatable bonds is 5. The number of aliphatic hydroxyl groups is 1. The van der Waals surface area contributed by atoms with Crippen LogP contribution in [0.2, 0.25) is 0 Å². The van der Waals surface area contributed by atoms with Crippen LogP contribution in [0.3, 0.4) is 0 Å². The number of hydrogen-bond donors (Lipinski definition) is 2. The summed E-state index contributed by atoms with van der Waals surface area (Å²) in [6, 6.07) is 21.3. The minimum absolute atomic E-state index is 0.250. The molecule has 1 saturated heterocycles. The molecule has 1 fully saturated rings. The Morgan fingerprint density at radius 1 is 0.952 bits per heavy atom. The number of hydrogen-bond acceptors (Lipinski definition) is 2. The van der Waals surface area contributed by atoms with Gasteiger partial charge in [0.25, 0.3) is 0 Å². The van der Waals surface area contributed by atoms with Crippen molar-refractivity contribution < 1.29 is 5.11 Å². The molecule has 0 saturated carbocycles. The summed E-state index contributed by atoms with van der Waals surface area (Å²) in [5.74, 6) is 0.254. The van der Waals surface area contributed by atoms with Crippen molar-refractivity contribution in [2.45, 2.75) is 37.3 Å². The van der Waals surface area contributed by atoms with Gasteiger partial charge in [0.05, 0.1) is 6.10 Å². The van der Waals surface area contributed by atoms with Crippen molar-refractivity contribution in [3.63, 3.8) is 0 Å². The van der Waals surface area contributed by atoms with Crippen molar-refractivity contribution >= 4 is 0 Å². The molecule has 1 aliphatic rings. The first-order valence-corrected chi connectivity index (χ1v) is 7.86. The summed E-state index contributed by atoms with van der Waals surface area (Å²) >= 11 is 0. The van der Waals surface area contributed by atoms with Crippen LogP contribution in [0, 0.1) is 0 Å². The van der Waals surface area contributed by atoms with E-state index in [2.05, 4.69) is 53.8 Å². The fourth-order valence-corrected chi connectivity index (χ4v) is 3.28. The smallest absolute Gasteiger partial charge is 0.0702 e. The van der Waals surface area contributed by atoms with Crippen molar-refractivity contribution in [3.8, 4) is 0 Å². The molecule has 3 rings (SSSR count). The van der Waals surface area contributed by atoms with Gasteiger partial charge in [-0.25, -0.2) is 0 Å². The molecule has 0 spiro atoms. The third-order valence-electron chi connectivity index (χ3n) is 4.44. The summed E-state index contributed by atoms with van der Waals surface area (Å²) in [4.78, 5) is 0. The molecule has 0 unspecified atom stereocenters. The lowest BCUT2D eigenvalue weighted by Crippen LogP contribution is -2.35. The SMILES string of the molecule is O[C@@H](CC(c1ccccc1)c1ccccc1)[C@@H]1CCCN1. The van der Waals surface area contributed by atoms with E-state index in [1.807, 2.05) is 12.1 Å². The van der Waals surface area contributed by atoms with Crippen LogP contribution >= 0.6 is 0 Å². The van der Waals surface area contributed by atoms with E-state index in [1.165, 1.54) is 17.5 Å². The predicted octanol–water partition coefficient (Wildman–Crippen LogP) is 3.32. The van der Waals surface area contributed by atoms with Gasteiger partial charge in [-0.1, -0.05) is 60.7 Å². The van der Waals surface area contributed by atoms with E-state index >= 15 is 0 Å². The summed E-state index contributed by atoms with van der Waals surface area (Å²) in [5, 5.41) is 14.0. The quantitative estimate of drug-likeness (QED) is 0.881. The molecule has 1 heterocycles. The van der Waals surface area contributed by atoms with E-state index in [9.17, 15) is 5.11 Å². The highest BCUT2D eigenvalue weighted by molar-refractivity contribution is 5.32. The predicted molar refractivity (Wildman–Crippen MR) is 86.4 cm³/mol. The number of nitrogens with one attached hydrogen (secondary N) is 1. The largest absolute Gasteiger partial charge is 0.391 e. The van der Waals surface area contributed by atoms with Crippen LogP contribution in [0.25, 0.3) is 0 Å². The van der Waals surface area contributed by atoms with Crippen molar-refractivity contribution in [2.75, 3.05) is 6.54 Å². The Morgan fingerprint density at radius 3 is 2.00 bits per heavy atom. The van der Waals surface area contributed by atoms with Crippen molar-refractivity contribution in [3.05, 3.63) is 71.8 Å².